The van der Waals surface area contributed by atoms with Crippen molar-refractivity contribution >= 4 is 12.4 Å². The SMILES string of the molecule is CCCCOC(=O)NC(C)(C)C=O. The van der Waals surface area contributed by atoms with Crippen LogP contribution in [0.25, 0.3) is 0 Å². The van der Waals surface area contributed by atoms with Crippen molar-refractivity contribution in [2.45, 2.75) is 39.2 Å². The lowest BCUT2D eigenvalue weighted by molar-refractivity contribution is -0.112. The summed E-state index contributed by atoms with van der Waals surface area (Å²) < 4.78 is 4.81. The molecule has 4 nitrogen and oxygen atoms in total. The van der Waals surface area contributed by atoms with Gasteiger partial charge >= 0.3 is 6.09 Å². The second-order valence-electron chi connectivity index (χ2n) is 3.45. The molecule has 13 heavy (non-hydrogen) atoms. The van der Waals surface area contributed by atoms with Gasteiger partial charge in [-0.3, -0.25) is 0 Å². The standard InChI is InChI=1S/C9H17NO3/c1-4-5-6-13-8(12)10-9(2,3)7-11/h7H,4-6H2,1-3H3,(H,10,12). The molecule has 0 bridgehead atoms. The Labute approximate surface area is 78.6 Å². The Hall–Kier alpha value is -1.06. The molecular formula is C9H17NO3. The first-order chi connectivity index (χ1) is 6.02. The molecule has 0 saturated carbocycles. The average molecular weight is 187 g/mol. The fourth-order valence-corrected chi connectivity index (χ4v) is 0.638. The summed E-state index contributed by atoms with van der Waals surface area (Å²) in [4.78, 5) is 21.4. The van der Waals surface area contributed by atoms with Crippen LogP contribution in [-0.2, 0) is 9.53 Å². The summed E-state index contributed by atoms with van der Waals surface area (Å²) in [6, 6.07) is 0. The number of carbonyl (C=O) groups excluding carboxylic acids is 2. The topological polar surface area (TPSA) is 55.4 Å². The molecule has 0 radical (unpaired) electrons. The molecule has 0 aromatic carbocycles. The molecular weight excluding hydrogens is 170 g/mol. The second-order valence-corrected chi connectivity index (χ2v) is 3.45. The van der Waals surface area contributed by atoms with Crippen LogP contribution in [0.3, 0.4) is 0 Å². The van der Waals surface area contributed by atoms with Crippen molar-refractivity contribution in [1.82, 2.24) is 5.32 Å². The Kier molecular flexibility index (Phi) is 5.11. The number of nitrogens with one attached hydrogen (secondary N) is 1. The maximum atomic E-state index is 11.0. The molecule has 4 heteroatoms. The average Bonchev–Trinajstić information content (AvgIpc) is 2.04. The van der Waals surface area contributed by atoms with Gasteiger partial charge in [0.15, 0.2) is 0 Å². The van der Waals surface area contributed by atoms with E-state index < -0.39 is 11.6 Å². The largest absolute Gasteiger partial charge is 0.450 e. The van der Waals surface area contributed by atoms with Gasteiger partial charge in [0.1, 0.15) is 6.29 Å². The highest BCUT2D eigenvalue weighted by Gasteiger charge is 2.19. The zero-order valence-corrected chi connectivity index (χ0v) is 8.42. The van der Waals surface area contributed by atoms with E-state index in [4.69, 9.17) is 4.74 Å². The fraction of sp³-hybridized carbons (Fsp3) is 0.778. The molecule has 0 aromatic heterocycles. The molecule has 0 heterocycles. The van der Waals surface area contributed by atoms with Gasteiger partial charge in [0, 0.05) is 0 Å². The normalized spacial score (nSPS) is 10.7. The summed E-state index contributed by atoms with van der Waals surface area (Å²) in [5.41, 5.74) is -0.844. The van der Waals surface area contributed by atoms with E-state index in [1.807, 2.05) is 6.92 Å². The predicted octanol–water partition coefficient (Wildman–Crippen LogP) is 1.49. The van der Waals surface area contributed by atoms with E-state index in [1.54, 1.807) is 13.8 Å². The zero-order valence-electron chi connectivity index (χ0n) is 8.42. The molecule has 1 amide bonds. The van der Waals surface area contributed by atoms with Crippen molar-refractivity contribution in [2.24, 2.45) is 0 Å². The highest BCUT2D eigenvalue weighted by atomic mass is 16.5. The summed E-state index contributed by atoms with van der Waals surface area (Å²) in [5.74, 6) is 0. The van der Waals surface area contributed by atoms with Crippen LogP contribution in [0.2, 0.25) is 0 Å². The van der Waals surface area contributed by atoms with Gasteiger partial charge in [-0.1, -0.05) is 13.3 Å². The van der Waals surface area contributed by atoms with Gasteiger partial charge in [-0.25, -0.2) is 4.79 Å². The molecule has 0 saturated heterocycles. The lowest BCUT2D eigenvalue weighted by atomic mass is 10.1. The number of aldehydes is 1. The quantitative estimate of drug-likeness (QED) is 0.524. The highest BCUT2D eigenvalue weighted by Crippen LogP contribution is 1.97. The first-order valence-corrected chi connectivity index (χ1v) is 4.43. The van der Waals surface area contributed by atoms with Crippen molar-refractivity contribution in [3.63, 3.8) is 0 Å². The number of hydrogen-bond donors (Lipinski definition) is 1. The number of rotatable bonds is 5. The van der Waals surface area contributed by atoms with E-state index in [2.05, 4.69) is 5.32 Å². The number of amides is 1. The summed E-state index contributed by atoms with van der Waals surface area (Å²) in [7, 11) is 0. The molecule has 0 aliphatic heterocycles. The Morgan fingerprint density at radius 2 is 2.15 bits per heavy atom. The molecule has 0 aliphatic rings. The number of hydrogen-bond acceptors (Lipinski definition) is 3. The molecule has 0 aliphatic carbocycles. The Bertz CT molecular complexity index is 178. The molecule has 0 aromatic rings. The lowest BCUT2D eigenvalue weighted by Gasteiger charge is -2.18. The molecule has 0 rings (SSSR count). The molecule has 0 spiro atoms. The number of alkyl carbamates (subject to hydrolysis) is 1. The van der Waals surface area contributed by atoms with Crippen molar-refractivity contribution < 1.29 is 14.3 Å². The van der Waals surface area contributed by atoms with Gasteiger partial charge in [0.05, 0.1) is 12.1 Å². The Morgan fingerprint density at radius 3 is 2.62 bits per heavy atom. The second kappa shape index (κ2) is 5.56. The van der Waals surface area contributed by atoms with Crippen molar-refractivity contribution in [3.05, 3.63) is 0 Å². The number of ether oxygens (including phenoxy) is 1. The molecule has 0 unspecified atom stereocenters. The highest BCUT2D eigenvalue weighted by molar-refractivity contribution is 5.75. The van der Waals surface area contributed by atoms with Gasteiger partial charge in [0.2, 0.25) is 0 Å². The number of carbonyl (C=O) groups is 2. The molecule has 1 N–H and O–H groups in total. The first-order valence-electron chi connectivity index (χ1n) is 4.43. The minimum absolute atomic E-state index is 0.400. The molecule has 0 atom stereocenters. The van der Waals surface area contributed by atoms with E-state index in [0.717, 1.165) is 12.8 Å². The predicted molar refractivity (Wildman–Crippen MR) is 49.5 cm³/mol. The number of unbranched alkanes of at least 4 members (excludes halogenated alkanes) is 1. The van der Waals surface area contributed by atoms with Crippen LogP contribution in [0.4, 0.5) is 4.79 Å². The smallest absolute Gasteiger partial charge is 0.407 e. The Morgan fingerprint density at radius 1 is 1.54 bits per heavy atom. The van der Waals surface area contributed by atoms with Crippen LogP contribution in [0.1, 0.15) is 33.6 Å². The third-order valence-corrected chi connectivity index (χ3v) is 1.45. The fourth-order valence-electron chi connectivity index (χ4n) is 0.638. The zero-order chi connectivity index (χ0) is 10.3. The lowest BCUT2D eigenvalue weighted by Crippen LogP contribution is -2.45. The van der Waals surface area contributed by atoms with E-state index in [0.29, 0.717) is 12.9 Å². The van der Waals surface area contributed by atoms with Gasteiger partial charge in [-0.05, 0) is 20.3 Å². The van der Waals surface area contributed by atoms with Crippen molar-refractivity contribution in [3.8, 4) is 0 Å². The third-order valence-electron chi connectivity index (χ3n) is 1.45. The molecule has 76 valence electrons. The minimum atomic E-state index is -0.844. The summed E-state index contributed by atoms with van der Waals surface area (Å²) in [6.45, 7) is 5.63. The van der Waals surface area contributed by atoms with E-state index in [1.165, 1.54) is 0 Å². The Balaban J connectivity index is 3.68. The maximum Gasteiger partial charge on any atom is 0.407 e. The summed E-state index contributed by atoms with van der Waals surface area (Å²) in [5, 5.41) is 2.44. The molecule has 0 fully saturated rings. The first kappa shape index (κ1) is 11.9. The van der Waals surface area contributed by atoms with Gasteiger partial charge in [-0.15, -0.1) is 0 Å². The summed E-state index contributed by atoms with van der Waals surface area (Å²) in [6.07, 6.45) is 1.96. The van der Waals surface area contributed by atoms with Gasteiger partial charge in [0.25, 0.3) is 0 Å². The third kappa shape index (κ3) is 6.13. The van der Waals surface area contributed by atoms with Gasteiger partial charge in [-0.2, -0.15) is 0 Å². The van der Waals surface area contributed by atoms with Crippen LogP contribution in [0.15, 0.2) is 0 Å². The minimum Gasteiger partial charge on any atom is -0.450 e. The van der Waals surface area contributed by atoms with E-state index in [-0.39, 0.29) is 0 Å². The van der Waals surface area contributed by atoms with Crippen LogP contribution in [0, 0.1) is 0 Å². The van der Waals surface area contributed by atoms with Crippen molar-refractivity contribution in [1.29, 1.82) is 0 Å². The van der Waals surface area contributed by atoms with E-state index >= 15 is 0 Å². The van der Waals surface area contributed by atoms with Crippen molar-refractivity contribution in [2.75, 3.05) is 6.61 Å². The van der Waals surface area contributed by atoms with Crippen LogP contribution >= 0.6 is 0 Å². The maximum absolute atomic E-state index is 11.0. The summed E-state index contributed by atoms with van der Waals surface area (Å²) >= 11 is 0. The van der Waals surface area contributed by atoms with Crippen LogP contribution in [-0.4, -0.2) is 24.5 Å². The monoisotopic (exact) mass is 187 g/mol. The van der Waals surface area contributed by atoms with Crippen LogP contribution < -0.4 is 5.32 Å². The van der Waals surface area contributed by atoms with Crippen LogP contribution in [0.5, 0.6) is 0 Å². The van der Waals surface area contributed by atoms with Gasteiger partial charge < -0.3 is 14.8 Å². The van der Waals surface area contributed by atoms with E-state index in [9.17, 15) is 9.59 Å².